The molecule has 0 atom stereocenters. The summed E-state index contributed by atoms with van der Waals surface area (Å²) in [5.74, 6) is -0.243. The fraction of sp³-hybridized carbons (Fsp3) is 0.643. The van der Waals surface area contributed by atoms with Crippen LogP contribution >= 0.6 is 11.3 Å². The van der Waals surface area contributed by atoms with Gasteiger partial charge in [-0.05, 0) is 58.4 Å². The Kier molecular flexibility index (Phi) is 3.52. The Morgan fingerprint density at radius 2 is 1.89 bits per heavy atom. The summed E-state index contributed by atoms with van der Waals surface area (Å²) in [4.78, 5) is 18.4. The van der Waals surface area contributed by atoms with Crippen molar-refractivity contribution in [2.75, 3.05) is 0 Å². The number of piperidine rings is 1. The molecule has 0 saturated carbocycles. The van der Waals surface area contributed by atoms with Crippen LogP contribution in [0.25, 0.3) is 0 Å². The molecular formula is C14H21NO2S. The van der Waals surface area contributed by atoms with Crippen LogP contribution in [-0.2, 0) is 4.84 Å². The van der Waals surface area contributed by atoms with Crippen LogP contribution in [0.15, 0.2) is 17.5 Å². The van der Waals surface area contributed by atoms with Crippen LogP contribution < -0.4 is 0 Å². The number of hydrogen-bond donors (Lipinski definition) is 0. The Labute approximate surface area is 113 Å². The topological polar surface area (TPSA) is 29.5 Å². The van der Waals surface area contributed by atoms with Gasteiger partial charge in [-0.1, -0.05) is 6.07 Å². The average molecular weight is 267 g/mol. The van der Waals surface area contributed by atoms with E-state index in [1.807, 2.05) is 16.5 Å². The lowest BCUT2D eigenvalue weighted by molar-refractivity contribution is -0.240. The Hall–Kier alpha value is -0.870. The first kappa shape index (κ1) is 13.6. The van der Waals surface area contributed by atoms with Gasteiger partial charge in [-0.25, -0.2) is 4.79 Å². The summed E-state index contributed by atoms with van der Waals surface area (Å²) in [6.07, 6.45) is 3.27. The minimum atomic E-state index is -0.243. The molecule has 0 amide bonds. The lowest BCUT2D eigenvalue weighted by Crippen LogP contribution is -2.58. The maximum absolute atomic E-state index is 12.1. The largest absolute Gasteiger partial charge is 0.367 e. The van der Waals surface area contributed by atoms with Crippen molar-refractivity contribution in [3.8, 4) is 0 Å². The van der Waals surface area contributed by atoms with E-state index in [0.717, 1.165) is 12.8 Å². The molecule has 0 spiro atoms. The van der Waals surface area contributed by atoms with Gasteiger partial charge in [0.25, 0.3) is 0 Å². The molecule has 1 saturated heterocycles. The third-order valence-corrected chi connectivity index (χ3v) is 4.42. The quantitative estimate of drug-likeness (QED) is 0.815. The Balaban J connectivity index is 2.17. The molecule has 1 aromatic heterocycles. The van der Waals surface area contributed by atoms with E-state index in [1.54, 1.807) is 6.07 Å². The van der Waals surface area contributed by atoms with Crippen molar-refractivity contribution in [3.63, 3.8) is 0 Å². The van der Waals surface area contributed by atoms with Gasteiger partial charge >= 0.3 is 5.97 Å². The average Bonchev–Trinajstić information content (AvgIpc) is 2.76. The minimum Gasteiger partial charge on any atom is -0.362 e. The smallest absolute Gasteiger partial charge is 0.362 e. The van der Waals surface area contributed by atoms with Crippen LogP contribution in [0.4, 0.5) is 0 Å². The third-order valence-electron chi connectivity index (χ3n) is 3.57. The Bertz CT molecular complexity index is 407. The second-order valence-electron chi connectivity index (χ2n) is 6.13. The van der Waals surface area contributed by atoms with Gasteiger partial charge in [0.15, 0.2) is 0 Å². The maximum Gasteiger partial charge on any atom is 0.367 e. The van der Waals surface area contributed by atoms with E-state index in [-0.39, 0.29) is 17.0 Å². The normalized spacial score (nSPS) is 22.7. The Morgan fingerprint density at radius 1 is 1.28 bits per heavy atom. The van der Waals surface area contributed by atoms with Gasteiger partial charge in [0.2, 0.25) is 0 Å². The fourth-order valence-electron chi connectivity index (χ4n) is 2.75. The second kappa shape index (κ2) is 4.67. The minimum absolute atomic E-state index is 0.103. The number of hydrogen-bond acceptors (Lipinski definition) is 4. The van der Waals surface area contributed by atoms with E-state index in [9.17, 15) is 4.79 Å². The molecule has 0 radical (unpaired) electrons. The molecule has 0 unspecified atom stereocenters. The molecule has 0 aliphatic carbocycles. The maximum atomic E-state index is 12.1. The van der Waals surface area contributed by atoms with Gasteiger partial charge in [0, 0.05) is 0 Å². The van der Waals surface area contributed by atoms with Crippen molar-refractivity contribution >= 4 is 17.3 Å². The van der Waals surface area contributed by atoms with Gasteiger partial charge < -0.3 is 4.84 Å². The van der Waals surface area contributed by atoms with Gasteiger partial charge in [0.05, 0.1) is 11.1 Å². The molecule has 1 aliphatic heterocycles. The molecule has 1 aromatic rings. The number of nitrogens with zero attached hydrogens (tertiary/aromatic N) is 1. The first-order chi connectivity index (χ1) is 8.33. The first-order valence-corrected chi connectivity index (χ1v) is 7.27. The second-order valence-corrected chi connectivity index (χ2v) is 7.08. The lowest BCUT2D eigenvalue weighted by atomic mass is 9.82. The van der Waals surface area contributed by atoms with Crippen LogP contribution in [0.5, 0.6) is 0 Å². The highest BCUT2D eigenvalue weighted by molar-refractivity contribution is 7.11. The molecule has 100 valence electrons. The summed E-state index contributed by atoms with van der Waals surface area (Å²) in [7, 11) is 0. The number of carbonyl (C=O) groups excluding carboxylic acids is 1. The van der Waals surface area contributed by atoms with E-state index in [4.69, 9.17) is 4.84 Å². The van der Waals surface area contributed by atoms with Crippen LogP contribution in [0, 0.1) is 0 Å². The molecule has 1 fully saturated rings. The molecule has 1 aliphatic rings. The highest BCUT2D eigenvalue weighted by atomic mass is 32.1. The van der Waals surface area contributed by atoms with Crippen molar-refractivity contribution in [2.45, 2.75) is 58.0 Å². The summed E-state index contributed by atoms with van der Waals surface area (Å²) in [5, 5.41) is 3.79. The SMILES string of the molecule is CC1(C)CCCC(C)(C)N1OC(=O)c1cccs1. The molecule has 2 rings (SSSR count). The van der Waals surface area contributed by atoms with Crippen LogP contribution in [0.3, 0.4) is 0 Å². The molecule has 4 heteroatoms. The number of carbonyl (C=O) groups is 1. The predicted octanol–water partition coefficient (Wildman–Crippen LogP) is 3.86. The molecule has 18 heavy (non-hydrogen) atoms. The number of thiophene rings is 1. The summed E-state index contributed by atoms with van der Waals surface area (Å²) in [5.41, 5.74) is -0.205. The molecule has 2 heterocycles. The summed E-state index contributed by atoms with van der Waals surface area (Å²) in [6, 6.07) is 3.67. The van der Waals surface area contributed by atoms with Gasteiger partial charge in [0.1, 0.15) is 4.88 Å². The molecule has 3 nitrogen and oxygen atoms in total. The zero-order valence-electron chi connectivity index (χ0n) is 11.5. The van der Waals surface area contributed by atoms with Crippen molar-refractivity contribution in [1.29, 1.82) is 0 Å². The first-order valence-electron chi connectivity index (χ1n) is 6.39. The fourth-order valence-corrected chi connectivity index (χ4v) is 3.34. The van der Waals surface area contributed by atoms with Crippen molar-refractivity contribution < 1.29 is 9.63 Å². The molecule has 0 bridgehead atoms. The number of rotatable bonds is 2. The van der Waals surface area contributed by atoms with Gasteiger partial charge in [-0.2, -0.15) is 0 Å². The van der Waals surface area contributed by atoms with E-state index in [2.05, 4.69) is 27.7 Å². The van der Waals surface area contributed by atoms with Crippen molar-refractivity contribution in [3.05, 3.63) is 22.4 Å². The highest BCUT2D eigenvalue weighted by Crippen LogP contribution is 2.38. The molecule has 0 aromatic carbocycles. The van der Waals surface area contributed by atoms with Crippen molar-refractivity contribution in [1.82, 2.24) is 5.06 Å². The van der Waals surface area contributed by atoms with E-state index >= 15 is 0 Å². The zero-order chi connectivity index (χ0) is 13.4. The standard InChI is InChI=1S/C14H21NO2S/c1-13(2)8-6-9-14(3,4)15(13)17-12(16)11-7-5-10-18-11/h5,7,10H,6,8-9H2,1-4H3. The van der Waals surface area contributed by atoms with E-state index in [0.29, 0.717) is 4.88 Å². The molecular weight excluding hydrogens is 246 g/mol. The van der Waals surface area contributed by atoms with Crippen LogP contribution in [0.2, 0.25) is 0 Å². The zero-order valence-corrected chi connectivity index (χ0v) is 12.3. The van der Waals surface area contributed by atoms with Gasteiger partial charge in [-0.3, -0.25) is 0 Å². The number of hydroxylamine groups is 2. The van der Waals surface area contributed by atoms with E-state index < -0.39 is 0 Å². The molecule has 0 N–H and O–H groups in total. The highest BCUT2D eigenvalue weighted by Gasteiger charge is 2.44. The van der Waals surface area contributed by atoms with Crippen LogP contribution in [-0.4, -0.2) is 22.1 Å². The third kappa shape index (κ3) is 2.59. The predicted molar refractivity (Wildman–Crippen MR) is 73.6 cm³/mol. The van der Waals surface area contributed by atoms with Gasteiger partial charge in [-0.15, -0.1) is 16.4 Å². The lowest BCUT2D eigenvalue weighted by Gasteiger charge is -2.50. The van der Waals surface area contributed by atoms with E-state index in [1.165, 1.54) is 17.8 Å². The summed E-state index contributed by atoms with van der Waals surface area (Å²) in [6.45, 7) is 8.54. The summed E-state index contributed by atoms with van der Waals surface area (Å²) < 4.78 is 0. The van der Waals surface area contributed by atoms with Crippen molar-refractivity contribution in [2.24, 2.45) is 0 Å². The Morgan fingerprint density at radius 3 is 2.39 bits per heavy atom. The summed E-state index contributed by atoms with van der Waals surface area (Å²) >= 11 is 1.42. The monoisotopic (exact) mass is 267 g/mol. The van der Waals surface area contributed by atoms with Crippen LogP contribution in [0.1, 0.15) is 56.6 Å².